The van der Waals surface area contributed by atoms with Gasteiger partial charge in [-0.1, -0.05) is 6.92 Å². The normalized spacial score (nSPS) is 15.4. The number of hydrogen-bond acceptors (Lipinski definition) is 13. The van der Waals surface area contributed by atoms with E-state index in [1.807, 2.05) is 0 Å². The second-order valence-corrected chi connectivity index (χ2v) is 10.4. The molecular formula is C21H37N5O12S2. The van der Waals surface area contributed by atoms with Crippen molar-refractivity contribution in [2.45, 2.75) is 37.4 Å². The van der Waals surface area contributed by atoms with Crippen LogP contribution in [0.1, 0.15) is 6.92 Å². The highest BCUT2D eigenvalue weighted by Gasteiger charge is 2.37. The molecule has 0 saturated heterocycles. The Balaban J connectivity index is 4.25. The van der Waals surface area contributed by atoms with Crippen LogP contribution in [-0.2, 0) is 28.8 Å². The molecule has 230 valence electrons. The molecule has 0 spiro atoms. The summed E-state index contributed by atoms with van der Waals surface area (Å²) in [6.07, 6.45) is -8.97. The molecule has 0 fully saturated rings. The van der Waals surface area contributed by atoms with Crippen molar-refractivity contribution < 1.29 is 59.4 Å². The van der Waals surface area contributed by atoms with Gasteiger partial charge in [0.1, 0.15) is 18.2 Å². The van der Waals surface area contributed by atoms with Gasteiger partial charge in [0.2, 0.25) is 11.8 Å². The van der Waals surface area contributed by atoms with Gasteiger partial charge in [-0.05, 0) is 0 Å². The van der Waals surface area contributed by atoms with E-state index in [0.717, 1.165) is 23.5 Å². The molecule has 0 rings (SSSR count). The molecule has 40 heavy (non-hydrogen) atoms. The first kappa shape index (κ1) is 37.3. The SMILES string of the molecule is CC(CSCC(=O)NCCNC(=O)[C@@H](O)[C@H](O)[C@H](O)[C@@H](O)C(=O)NCCNC(=O)CSCC(N)C(=O)O)C(=O)O. The van der Waals surface area contributed by atoms with Crippen molar-refractivity contribution in [2.24, 2.45) is 11.7 Å². The van der Waals surface area contributed by atoms with Crippen LogP contribution in [0.2, 0.25) is 0 Å². The number of carboxylic acids is 2. The van der Waals surface area contributed by atoms with Crippen LogP contribution in [0.15, 0.2) is 0 Å². The number of nitrogens with one attached hydrogen (secondary N) is 4. The zero-order valence-corrected chi connectivity index (χ0v) is 23.3. The molecule has 0 saturated carbocycles. The maximum atomic E-state index is 12.0. The van der Waals surface area contributed by atoms with E-state index >= 15 is 0 Å². The van der Waals surface area contributed by atoms with E-state index in [1.165, 1.54) is 6.92 Å². The van der Waals surface area contributed by atoms with Crippen molar-refractivity contribution in [3.05, 3.63) is 0 Å². The third-order valence-electron chi connectivity index (χ3n) is 4.90. The Bertz CT molecular complexity index is 800. The summed E-state index contributed by atoms with van der Waals surface area (Å²) >= 11 is 2.11. The summed E-state index contributed by atoms with van der Waals surface area (Å²) in [5, 5.41) is 66.5. The average Bonchev–Trinajstić information content (AvgIpc) is 2.90. The second-order valence-electron chi connectivity index (χ2n) is 8.37. The smallest absolute Gasteiger partial charge is 0.321 e. The summed E-state index contributed by atoms with van der Waals surface area (Å²) in [5.41, 5.74) is 5.30. The molecule has 0 radical (unpaired) electrons. The number of aliphatic carboxylic acids is 2. The number of carbonyl (C=O) groups excluding carboxylic acids is 4. The summed E-state index contributed by atoms with van der Waals surface area (Å²) in [6, 6.07) is -1.12. The summed E-state index contributed by atoms with van der Waals surface area (Å²) in [5.74, 6) is -5.83. The van der Waals surface area contributed by atoms with Crippen molar-refractivity contribution in [2.75, 3.05) is 49.2 Å². The number of thioether (sulfide) groups is 2. The molecular weight excluding hydrogens is 578 g/mol. The fourth-order valence-electron chi connectivity index (χ4n) is 2.52. The van der Waals surface area contributed by atoms with E-state index in [4.69, 9.17) is 15.9 Å². The maximum absolute atomic E-state index is 12.0. The van der Waals surface area contributed by atoms with E-state index < -0.39 is 71.9 Å². The highest BCUT2D eigenvalue weighted by molar-refractivity contribution is 8.00. The van der Waals surface area contributed by atoms with Gasteiger partial charge in [-0.25, -0.2) is 0 Å². The highest BCUT2D eigenvalue weighted by Crippen LogP contribution is 2.08. The van der Waals surface area contributed by atoms with Gasteiger partial charge < -0.3 is 57.6 Å². The van der Waals surface area contributed by atoms with Crippen LogP contribution in [0.4, 0.5) is 0 Å². The molecule has 19 heteroatoms. The lowest BCUT2D eigenvalue weighted by molar-refractivity contribution is -0.155. The number of carbonyl (C=O) groups is 6. The zero-order valence-electron chi connectivity index (χ0n) is 21.6. The largest absolute Gasteiger partial charge is 0.481 e. The van der Waals surface area contributed by atoms with E-state index in [2.05, 4.69) is 21.3 Å². The highest BCUT2D eigenvalue weighted by atomic mass is 32.2. The number of carboxylic acid groups (broad SMARTS) is 2. The predicted molar refractivity (Wildman–Crippen MR) is 143 cm³/mol. The molecule has 0 aromatic heterocycles. The zero-order chi connectivity index (χ0) is 30.8. The van der Waals surface area contributed by atoms with Crippen LogP contribution in [0.5, 0.6) is 0 Å². The minimum Gasteiger partial charge on any atom is -0.481 e. The molecule has 0 aromatic rings. The van der Waals surface area contributed by atoms with Crippen LogP contribution >= 0.6 is 23.5 Å². The molecule has 0 aromatic carbocycles. The van der Waals surface area contributed by atoms with Crippen LogP contribution in [0, 0.1) is 5.92 Å². The van der Waals surface area contributed by atoms with E-state index in [-0.39, 0.29) is 49.2 Å². The third-order valence-corrected chi connectivity index (χ3v) is 7.16. The summed E-state index contributed by atoms with van der Waals surface area (Å²) in [6.45, 7) is 1.02. The van der Waals surface area contributed by atoms with Gasteiger partial charge in [0.25, 0.3) is 11.8 Å². The Morgan fingerprint density at radius 3 is 1.40 bits per heavy atom. The summed E-state index contributed by atoms with van der Waals surface area (Å²) in [7, 11) is 0. The number of aliphatic hydroxyl groups excluding tert-OH is 4. The second kappa shape index (κ2) is 20.2. The lowest BCUT2D eigenvalue weighted by Crippen LogP contribution is -2.55. The minimum atomic E-state index is -2.25. The molecule has 0 aliphatic heterocycles. The van der Waals surface area contributed by atoms with Gasteiger partial charge in [0, 0.05) is 37.7 Å². The van der Waals surface area contributed by atoms with E-state index in [1.54, 1.807) is 0 Å². The Morgan fingerprint density at radius 2 is 1.02 bits per heavy atom. The van der Waals surface area contributed by atoms with Crippen LogP contribution in [0.3, 0.4) is 0 Å². The molecule has 6 atom stereocenters. The molecule has 4 amide bonds. The summed E-state index contributed by atoms with van der Waals surface area (Å²) in [4.78, 5) is 68.7. The minimum absolute atomic E-state index is 0.00569. The quantitative estimate of drug-likeness (QED) is 0.0537. The van der Waals surface area contributed by atoms with E-state index in [9.17, 15) is 49.2 Å². The Morgan fingerprint density at radius 1 is 0.650 bits per heavy atom. The van der Waals surface area contributed by atoms with Gasteiger partial charge in [-0.2, -0.15) is 11.8 Å². The third kappa shape index (κ3) is 15.8. The van der Waals surface area contributed by atoms with Crippen LogP contribution < -0.4 is 27.0 Å². The van der Waals surface area contributed by atoms with Gasteiger partial charge in [-0.3, -0.25) is 28.8 Å². The van der Waals surface area contributed by atoms with Crippen LogP contribution in [-0.4, -0.2) is 146 Å². The number of hydrogen-bond donors (Lipinski definition) is 11. The first-order chi connectivity index (χ1) is 18.7. The van der Waals surface area contributed by atoms with Gasteiger partial charge >= 0.3 is 11.9 Å². The predicted octanol–water partition coefficient (Wildman–Crippen LogP) is -5.51. The average molecular weight is 616 g/mol. The Hall–Kier alpha value is -2.68. The first-order valence-corrected chi connectivity index (χ1v) is 14.2. The van der Waals surface area contributed by atoms with Gasteiger partial charge in [0.15, 0.2) is 12.2 Å². The van der Waals surface area contributed by atoms with Gasteiger partial charge in [-0.15, -0.1) is 11.8 Å². The maximum Gasteiger partial charge on any atom is 0.321 e. The molecule has 0 aliphatic rings. The van der Waals surface area contributed by atoms with Crippen molar-refractivity contribution in [1.82, 2.24) is 21.3 Å². The monoisotopic (exact) mass is 615 g/mol. The Labute approximate surface area is 238 Å². The van der Waals surface area contributed by atoms with Crippen molar-refractivity contribution in [3.8, 4) is 0 Å². The van der Waals surface area contributed by atoms with Crippen molar-refractivity contribution in [1.29, 1.82) is 0 Å². The fourth-order valence-corrected chi connectivity index (χ4v) is 4.22. The van der Waals surface area contributed by atoms with E-state index in [0.29, 0.717) is 0 Å². The molecule has 17 nitrogen and oxygen atoms in total. The standard InChI is InChI=1S/C21H37N5O12S2/c1-10(20(35)36)6-39-8-12(27)23-2-4-25-18(33)16(31)14(29)15(30)17(32)19(34)26-5-3-24-13(28)9-40-7-11(22)21(37)38/h10-11,14-17,29-32H,2-9,22H2,1H3,(H,23,27)(H,24,28)(H,25,33)(H,26,34)(H,35,36)(H,37,38)/t10?,11?,14-,15+,16+,17-/m1/s1. The van der Waals surface area contributed by atoms with Crippen molar-refractivity contribution >= 4 is 59.1 Å². The van der Waals surface area contributed by atoms with Crippen LogP contribution in [0.25, 0.3) is 0 Å². The molecule has 12 N–H and O–H groups in total. The first-order valence-electron chi connectivity index (χ1n) is 11.9. The summed E-state index contributed by atoms with van der Waals surface area (Å²) < 4.78 is 0. The number of rotatable bonds is 21. The number of nitrogens with two attached hydrogens (primary N) is 1. The number of amides is 4. The molecule has 0 heterocycles. The number of aliphatic hydroxyl groups is 4. The van der Waals surface area contributed by atoms with Crippen molar-refractivity contribution in [3.63, 3.8) is 0 Å². The fraction of sp³-hybridized carbons (Fsp3) is 0.714. The molecule has 0 aliphatic carbocycles. The Kier molecular flexibility index (Phi) is 18.9. The topological polar surface area (TPSA) is 298 Å². The molecule has 0 bridgehead atoms. The lowest BCUT2D eigenvalue weighted by atomic mass is 10.0. The lowest BCUT2D eigenvalue weighted by Gasteiger charge is -2.25. The van der Waals surface area contributed by atoms with Gasteiger partial charge in [0.05, 0.1) is 17.4 Å². The molecule has 2 unspecified atom stereocenters.